The van der Waals surface area contributed by atoms with Crippen LogP contribution in [0.3, 0.4) is 0 Å². The number of hydrogen-bond donors (Lipinski definition) is 0. The number of carbonyl (C=O) groups excluding carboxylic acids is 1. The lowest BCUT2D eigenvalue weighted by Gasteiger charge is -2.34. The molecule has 1 aromatic heterocycles. The quantitative estimate of drug-likeness (QED) is 0.799. The lowest BCUT2D eigenvalue weighted by molar-refractivity contribution is 0.0596. The third kappa shape index (κ3) is 3.46. The minimum absolute atomic E-state index is 0.324. The van der Waals surface area contributed by atoms with Crippen molar-refractivity contribution in [3.63, 3.8) is 0 Å². The van der Waals surface area contributed by atoms with E-state index in [2.05, 4.69) is 23.7 Å². The van der Waals surface area contributed by atoms with Gasteiger partial charge in [0, 0.05) is 13.1 Å². The summed E-state index contributed by atoms with van der Waals surface area (Å²) in [6.07, 6.45) is 2.36. The molecule has 0 spiro atoms. The Kier molecular flexibility index (Phi) is 5.04. The summed E-state index contributed by atoms with van der Waals surface area (Å²) in [6.45, 7) is 6.56. The normalized spacial score (nSPS) is 16.1. The Morgan fingerprint density at radius 1 is 1.29 bits per heavy atom. The number of ether oxygens (including phenoxy) is 2. The molecule has 2 rings (SSSR count). The molecule has 0 N–H and O–H groups in total. The number of nitrogens with zero attached hydrogens (tertiary/aromatic N) is 2. The van der Waals surface area contributed by atoms with Crippen LogP contribution in [0.1, 0.15) is 37.0 Å². The van der Waals surface area contributed by atoms with E-state index in [1.54, 1.807) is 6.07 Å². The first-order valence-corrected chi connectivity index (χ1v) is 7.45. The summed E-state index contributed by atoms with van der Waals surface area (Å²) in [5, 5.41) is 0. The molecule has 1 aliphatic rings. The van der Waals surface area contributed by atoms with Gasteiger partial charge in [-0.05, 0) is 36.8 Å². The van der Waals surface area contributed by atoms with Crippen molar-refractivity contribution in [3.05, 3.63) is 17.7 Å². The molecule has 0 bridgehead atoms. The molecule has 2 heterocycles. The van der Waals surface area contributed by atoms with Crippen LogP contribution >= 0.6 is 0 Å². The molecule has 0 saturated carbocycles. The second-order valence-corrected chi connectivity index (χ2v) is 5.79. The van der Waals surface area contributed by atoms with Crippen LogP contribution in [-0.4, -0.2) is 38.3 Å². The molecule has 116 valence electrons. The minimum Gasteiger partial charge on any atom is -0.480 e. The van der Waals surface area contributed by atoms with Crippen LogP contribution in [0.2, 0.25) is 0 Å². The molecule has 1 fully saturated rings. The van der Waals surface area contributed by atoms with Gasteiger partial charge in [0.05, 0.1) is 14.2 Å². The number of esters is 1. The van der Waals surface area contributed by atoms with E-state index in [1.807, 2.05) is 6.07 Å². The van der Waals surface area contributed by atoms with Crippen LogP contribution in [0.15, 0.2) is 12.1 Å². The zero-order valence-electron chi connectivity index (χ0n) is 13.3. The molecule has 0 radical (unpaired) electrons. The summed E-state index contributed by atoms with van der Waals surface area (Å²) in [5.74, 6) is 2.28. The lowest BCUT2D eigenvalue weighted by atomic mass is 9.87. The Morgan fingerprint density at radius 2 is 1.95 bits per heavy atom. The Morgan fingerprint density at radius 3 is 2.48 bits per heavy atom. The van der Waals surface area contributed by atoms with Gasteiger partial charge in [-0.3, -0.25) is 0 Å². The van der Waals surface area contributed by atoms with E-state index in [1.165, 1.54) is 27.1 Å². The Bertz CT molecular complexity index is 494. The van der Waals surface area contributed by atoms with Crippen LogP contribution in [0.25, 0.3) is 0 Å². The number of rotatable bonds is 4. The van der Waals surface area contributed by atoms with E-state index >= 15 is 0 Å². The highest BCUT2D eigenvalue weighted by Crippen LogP contribution is 2.28. The van der Waals surface area contributed by atoms with Gasteiger partial charge in [-0.15, -0.1) is 0 Å². The number of pyridine rings is 1. The highest BCUT2D eigenvalue weighted by Gasteiger charge is 2.23. The average molecular weight is 292 g/mol. The minimum atomic E-state index is -0.426. The van der Waals surface area contributed by atoms with E-state index in [4.69, 9.17) is 9.47 Å². The zero-order chi connectivity index (χ0) is 15.4. The van der Waals surface area contributed by atoms with Crippen molar-refractivity contribution in [2.75, 3.05) is 32.2 Å². The summed E-state index contributed by atoms with van der Waals surface area (Å²) >= 11 is 0. The summed E-state index contributed by atoms with van der Waals surface area (Å²) in [6, 6.07) is 3.59. The first-order valence-electron chi connectivity index (χ1n) is 7.45. The molecule has 0 atom stereocenters. The Hall–Kier alpha value is -1.78. The maximum Gasteiger partial charge on any atom is 0.343 e. The van der Waals surface area contributed by atoms with Crippen LogP contribution < -0.4 is 9.64 Å². The predicted molar refractivity (Wildman–Crippen MR) is 81.9 cm³/mol. The van der Waals surface area contributed by atoms with E-state index in [-0.39, 0.29) is 0 Å². The molecule has 0 amide bonds. The fraction of sp³-hybridized carbons (Fsp3) is 0.625. The summed E-state index contributed by atoms with van der Waals surface area (Å²) in [4.78, 5) is 18.4. The predicted octanol–water partition coefficient (Wildman–Crippen LogP) is 2.75. The van der Waals surface area contributed by atoms with Crippen molar-refractivity contribution >= 4 is 11.8 Å². The SMILES string of the molecule is COC(=O)c1ccc(N2CCC(C(C)C)CC2)nc1OC. The fourth-order valence-corrected chi connectivity index (χ4v) is 2.82. The second kappa shape index (κ2) is 6.78. The van der Waals surface area contributed by atoms with Crippen molar-refractivity contribution in [1.29, 1.82) is 0 Å². The van der Waals surface area contributed by atoms with Gasteiger partial charge in [-0.25, -0.2) is 4.79 Å². The maximum absolute atomic E-state index is 11.6. The second-order valence-electron chi connectivity index (χ2n) is 5.79. The number of aromatic nitrogens is 1. The van der Waals surface area contributed by atoms with Crippen LogP contribution in [0.4, 0.5) is 5.82 Å². The van der Waals surface area contributed by atoms with Gasteiger partial charge in [0.25, 0.3) is 0 Å². The lowest BCUT2D eigenvalue weighted by Crippen LogP contribution is -2.35. The first-order chi connectivity index (χ1) is 10.1. The number of carbonyl (C=O) groups is 1. The molecular formula is C16H24N2O3. The van der Waals surface area contributed by atoms with Gasteiger partial charge >= 0.3 is 5.97 Å². The standard InChI is InChI=1S/C16H24N2O3/c1-11(2)12-7-9-18(10-8-12)14-6-5-13(16(19)21-4)15(17-14)20-3/h5-6,11-12H,7-10H2,1-4H3. The molecule has 5 nitrogen and oxygen atoms in total. The fourth-order valence-electron chi connectivity index (χ4n) is 2.82. The molecular weight excluding hydrogens is 268 g/mol. The van der Waals surface area contributed by atoms with Crippen molar-refractivity contribution < 1.29 is 14.3 Å². The number of anilines is 1. The topological polar surface area (TPSA) is 51.7 Å². The monoisotopic (exact) mass is 292 g/mol. The van der Waals surface area contributed by atoms with E-state index in [9.17, 15) is 4.79 Å². The molecule has 1 aromatic rings. The van der Waals surface area contributed by atoms with Crippen molar-refractivity contribution in [2.24, 2.45) is 11.8 Å². The highest BCUT2D eigenvalue weighted by molar-refractivity contribution is 5.92. The van der Waals surface area contributed by atoms with Gasteiger partial charge in [0.2, 0.25) is 5.88 Å². The van der Waals surface area contributed by atoms with Crippen molar-refractivity contribution in [1.82, 2.24) is 4.98 Å². The van der Waals surface area contributed by atoms with E-state index < -0.39 is 5.97 Å². The maximum atomic E-state index is 11.6. The summed E-state index contributed by atoms with van der Waals surface area (Å²) in [7, 11) is 2.87. The van der Waals surface area contributed by atoms with Crippen LogP contribution in [-0.2, 0) is 4.74 Å². The molecule has 0 aromatic carbocycles. The third-order valence-corrected chi connectivity index (χ3v) is 4.25. The molecule has 0 unspecified atom stereocenters. The smallest absolute Gasteiger partial charge is 0.343 e. The van der Waals surface area contributed by atoms with Gasteiger partial charge in [0.15, 0.2) is 0 Å². The van der Waals surface area contributed by atoms with Crippen molar-refractivity contribution in [3.8, 4) is 5.88 Å². The van der Waals surface area contributed by atoms with E-state index in [0.29, 0.717) is 11.4 Å². The molecule has 21 heavy (non-hydrogen) atoms. The van der Waals surface area contributed by atoms with Crippen LogP contribution in [0, 0.1) is 11.8 Å². The molecule has 0 aliphatic carbocycles. The third-order valence-electron chi connectivity index (χ3n) is 4.25. The largest absolute Gasteiger partial charge is 0.480 e. The highest BCUT2D eigenvalue weighted by atomic mass is 16.5. The number of piperidine rings is 1. The van der Waals surface area contributed by atoms with Crippen molar-refractivity contribution in [2.45, 2.75) is 26.7 Å². The van der Waals surface area contributed by atoms with Gasteiger partial charge in [0.1, 0.15) is 11.4 Å². The Labute approximate surface area is 126 Å². The summed E-state index contributed by atoms with van der Waals surface area (Å²) < 4.78 is 9.95. The van der Waals surface area contributed by atoms with E-state index in [0.717, 1.165) is 30.7 Å². The molecule has 5 heteroatoms. The first kappa shape index (κ1) is 15.6. The van der Waals surface area contributed by atoms with Gasteiger partial charge in [-0.1, -0.05) is 13.8 Å². The van der Waals surface area contributed by atoms with Gasteiger partial charge < -0.3 is 14.4 Å². The number of methoxy groups -OCH3 is 2. The molecule has 1 aliphatic heterocycles. The summed E-state index contributed by atoms with van der Waals surface area (Å²) in [5.41, 5.74) is 0.362. The Balaban J connectivity index is 2.13. The average Bonchev–Trinajstić information content (AvgIpc) is 2.53. The number of hydrogen-bond acceptors (Lipinski definition) is 5. The van der Waals surface area contributed by atoms with Crippen LogP contribution in [0.5, 0.6) is 5.88 Å². The van der Waals surface area contributed by atoms with Gasteiger partial charge in [-0.2, -0.15) is 4.98 Å². The zero-order valence-corrected chi connectivity index (χ0v) is 13.3. The molecule has 1 saturated heterocycles.